The Kier molecular flexibility index (Phi) is 6.36. The lowest BCUT2D eigenvalue weighted by Crippen LogP contribution is -2.40. The Hall–Kier alpha value is -3.40. The molecule has 1 aliphatic heterocycles. The molecule has 0 saturated carbocycles. The summed E-state index contributed by atoms with van der Waals surface area (Å²) in [5, 5.41) is 12.9. The van der Waals surface area contributed by atoms with Crippen molar-refractivity contribution in [1.29, 1.82) is 0 Å². The van der Waals surface area contributed by atoms with Crippen LogP contribution >= 0.6 is 11.8 Å². The number of hydrogen-bond donors (Lipinski definition) is 1. The van der Waals surface area contributed by atoms with Crippen molar-refractivity contribution in [2.24, 2.45) is 5.92 Å². The number of nitrogens with one attached hydrogen (secondary N) is 1. The van der Waals surface area contributed by atoms with Gasteiger partial charge in [-0.3, -0.25) is 29.4 Å². The molecule has 2 heterocycles. The van der Waals surface area contributed by atoms with Crippen molar-refractivity contribution in [3.63, 3.8) is 0 Å². The van der Waals surface area contributed by atoms with E-state index in [1.165, 1.54) is 18.2 Å². The molecule has 3 rings (SSSR count). The SMILES string of the molecule is CC(C)CNC(=O)CN1C(=O)S/C(=C\c2ccc(-c3ccc([N+](=O)[O-])cc3)o2)C1=O. The second-order valence-electron chi connectivity index (χ2n) is 6.97. The average molecular weight is 429 g/mol. The molecule has 9 nitrogen and oxygen atoms in total. The molecular formula is C20H19N3O6S. The summed E-state index contributed by atoms with van der Waals surface area (Å²) in [6.07, 6.45) is 1.44. The molecule has 2 aromatic rings. The van der Waals surface area contributed by atoms with Gasteiger partial charge in [-0.2, -0.15) is 0 Å². The van der Waals surface area contributed by atoms with Crippen LogP contribution in [0.4, 0.5) is 10.5 Å². The minimum absolute atomic E-state index is 0.0309. The van der Waals surface area contributed by atoms with Gasteiger partial charge in [-0.05, 0) is 41.9 Å². The van der Waals surface area contributed by atoms with Crippen LogP contribution in [-0.2, 0) is 9.59 Å². The van der Waals surface area contributed by atoms with Crippen LogP contribution in [0.5, 0.6) is 0 Å². The van der Waals surface area contributed by atoms with Gasteiger partial charge in [-0.25, -0.2) is 0 Å². The molecule has 0 aliphatic carbocycles. The van der Waals surface area contributed by atoms with Crippen LogP contribution < -0.4 is 5.32 Å². The molecule has 30 heavy (non-hydrogen) atoms. The van der Waals surface area contributed by atoms with E-state index in [2.05, 4.69) is 5.32 Å². The smallest absolute Gasteiger partial charge is 0.294 e. The first-order valence-corrected chi connectivity index (χ1v) is 9.93. The van der Waals surface area contributed by atoms with Crippen LogP contribution in [0, 0.1) is 16.0 Å². The third kappa shape index (κ3) is 4.95. The number of benzene rings is 1. The molecule has 0 radical (unpaired) electrons. The summed E-state index contributed by atoms with van der Waals surface area (Å²) in [6, 6.07) is 9.14. The Morgan fingerprint density at radius 1 is 1.23 bits per heavy atom. The Morgan fingerprint density at radius 3 is 2.57 bits per heavy atom. The van der Waals surface area contributed by atoms with Crippen molar-refractivity contribution >= 4 is 40.6 Å². The second-order valence-corrected chi connectivity index (χ2v) is 7.96. The molecule has 10 heteroatoms. The maximum absolute atomic E-state index is 12.5. The molecule has 1 aromatic heterocycles. The topological polar surface area (TPSA) is 123 Å². The number of rotatable bonds is 7. The fraction of sp³-hybridized carbons (Fsp3) is 0.250. The van der Waals surface area contributed by atoms with E-state index >= 15 is 0 Å². The Morgan fingerprint density at radius 2 is 1.93 bits per heavy atom. The number of nitro benzene ring substituents is 1. The molecule has 156 valence electrons. The first kappa shape index (κ1) is 21.3. The number of furan rings is 1. The monoisotopic (exact) mass is 429 g/mol. The van der Waals surface area contributed by atoms with Crippen LogP contribution in [0.3, 0.4) is 0 Å². The van der Waals surface area contributed by atoms with Gasteiger partial charge in [0.25, 0.3) is 16.8 Å². The molecular weight excluding hydrogens is 410 g/mol. The van der Waals surface area contributed by atoms with Crippen LogP contribution in [-0.4, -0.2) is 40.0 Å². The van der Waals surface area contributed by atoms with Gasteiger partial charge in [0.2, 0.25) is 5.91 Å². The predicted octanol–water partition coefficient (Wildman–Crippen LogP) is 3.66. The summed E-state index contributed by atoms with van der Waals surface area (Å²) in [7, 11) is 0. The maximum atomic E-state index is 12.5. The summed E-state index contributed by atoms with van der Waals surface area (Å²) in [4.78, 5) is 47.9. The quantitative estimate of drug-likeness (QED) is 0.405. The Balaban J connectivity index is 1.70. The minimum Gasteiger partial charge on any atom is -0.457 e. The number of nitro groups is 1. The highest BCUT2D eigenvalue weighted by Gasteiger charge is 2.36. The van der Waals surface area contributed by atoms with Crippen LogP contribution in [0.15, 0.2) is 45.7 Å². The highest BCUT2D eigenvalue weighted by atomic mass is 32.2. The van der Waals surface area contributed by atoms with E-state index in [0.717, 1.165) is 16.7 Å². The van der Waals surface area contributed by atoms with Gasteiger partial charge in [-0.15, -0.1) is 0 Å². The second kappa shape index (κ2) is 8.95. The third-order valence-electron chi connectivity index (χ3n) is 4.15. The zero-order chi connectivity index (χ0) is 21.8. The summed E-state index contributed by atoms with van der Waals surface area (Å²) in [6.45, 7) is 4.01. The molecule has 0 bridgehead atoms. The highest BCUT2D eigenvalue weighted by Crippen LogP contribution is 2.33. The van der Waals surface area contributed by atoms with Crippen molar-refractivity contribution < 1.29 is 23.7 Å². The van der Waals surface area contributed by atoms with Crippen molar-refractivity contribution in [3.05, 3.63) is 57.2 Å². The van der Waals surface area contributed by atoms with E-state index in [0.29, 0.717) is 23.6 Å². The normalized spacial score (nSPS) is 15.3. The Labute approximate surface area is 176 Å². The fourth-order valence-corrected chi connectivity index (χ4v) is 3.43. The summed E-state index contributed by atoms with van der Waals surface area (Å²) in [5.41, 5.74) is 0.604. The molecule has 0 atom stereocenters. The van der Waals surface area contributed by atoms with Gasteiger partial charge < -0.3 is 9.73 Å². The van der Waals surface area contributed by atoms with Crippen LogP contribution in [0.2, 0.25) is 0 Å². The molecule has 1 aliphatic rings. The molecule has 0 spiro atoms. The maximum Gasteiger partial charge on any atom is 0.294 e. The molecule has 1 aromatic carbocycles. The molecule has 1 saturated heterocycles. The lowest BCUT2D eigenvalue weighted by atomic mass is 10.1. The summed E-state index contributed by atoms with van der Waals surface area (Å²) >= 11 is 0.737. The zero-order valence-electron chi connectivity index (χ0n) is 16.3. The number of nitrogens with zero attached hydrogens (tertiary/aromatic N) is 2. The largest absolute Gasteiger partial charge is 0.457 e. The average Bonchev–Trinajstić information content (AvgIpc) is 3.27. The lowest BCUT2D eigenvalue weighted by Gasteiger charge is -2.13. The van der Waals surface area contributed by atoms with Gasteiger partial charge in [0.1, 0.15) is 18.1 Å². The lowest BCUT2D eigenvalue weighted by molar-refractivity contribution is -0.384. The number of hydrogen-bond acceptors (Lipinski definition) is 7. The molecule has 0 unspecified atom stereocenters. The fourth-order valence-electron chi connectivity index (χ4n) is 2.62. The van der Waals surface area contributed by atoms with E-state index in [-0.39, 0.29) is 23.1 Å². The van der Waals surface area contributed by atoms with Gasteiger partial charge in [0.15, 0.2) is 0 Å². The van der Waals surface area contributed by atoms with Gasteiger partial charge >= 0.3 is 0 Å². The number of carbonyl (C=O) groups is 3. The van der Waals surface area contributed by atoms with Gasteiger partial charge in [0, 0.05) is 30.3 Å². The molecule has 1 N–H and O–H groups in total. The van der Waals surface area contributed by atoms with Crippen LogP contribution in [0.25, 0.3) is 17.4 Å². The molecule has 3 amide bonds. The molecule has 1 fully saturated rings. The number of non-ortho nitro benzene ring substituents is 1. The van der Waals surface area contributed by atoms with Gasteiger partial charge in [-0.1, -0.05) is 13.8 Å². The number of thioether (sulfide) groups is 1. The van der Waals surface area contributed by atoms with Crippen molar-refractivity contribution in [1.82, 2.24) is 10.2 Å². The summed E-state index contributed by atoms with van der Waals surface area (Å²) in [5.74, 6) is 0.109. The third-order valence-corrected chi connectivity index (χ3v) is 5.05. The summed E-state index contributed by atoms with van der Waals surface area (Å²) < 4.78 is 5.68. The minimum atomic E-state index is -0.557. The van der Waals surface area contributed by atoms with E-state index in [4.69, 9.17) is 4.42 Å². The van der Waals surface area contributed by atoms with E-state index < -0.39 is 22.0 Å². The number of carbonyl (C=O) groups excluding carboxylic acids is 3. The zero-order valence-corrected chi connectivity index (χ0v) is 17.1. The highest BCUT2D eigenvalue weighted by molar-refractivity contribution is 8.18. The standard InChI is InChI=1S/C20H19N3O6S/c1-12(2)10-21-18(24)11-22-19(25)17(30-20(22)26)9-15-7-8-16(29-15)13-3-5-14(6-4-13)23(27)28/h3-9,12H,10-11H2,1-2H3,(H,21,24)/b17-9-. The predicted molar refractivity (Wildman–Crippen MR) is 111 cm³/mol. The first-order valence-electron chi connectivity index (χ1n) is 9.11. The Bertz CT molecular complexity index is 1030. The van der Waals surface area contributed by atoms with Gasteiger partial charge in [0.05, 0.1) is 9.83 Å². The van der Waals surface area contributed by atoms with Crippen molar-refractivity contribution in [3.8, 4) is 11.3 Å². The van der Waals surface area contributed by atoms with E-state index in [1.54, 1.807) is 24.3 Å². The number of amides is 3. The number of imide groups is 1. The van der Waals surface area contributed by atoms with E-state index in [1.807, 2.05) is 13.8 Å². The van der Waals surface area contributed by atoms with Crippen LogP contribution in [0.1, 0.15) is 19.6 Å². The van der Waals surface area contributed by atoms with Crippen molar-refractivity contribution in [2.45, 2.75) is 13.8 Å². The first-order chi connectivity index (χ1) is 14.2. The van der Waals surface area contributed by atoms with Crippen molar-refractivity contribution in [2.75, 3.05) is 13.1 Å². The van der Waals surface area contributed by atoms with E-state index in [9.17, 15) is 24.5 Å².